The van der Waals surface area contributed by atoms with Gasteiger partial charge in [0.25, 0.3) is 6.47 Å². The van der Waals surface area contributed by atoms with Crippen molar-refractivity contribution in [2.75, 3.05) is 0 Å². The first-order chi connectivity index (χ1) is 6.16. The number of hydrogen-bond acceptors (Lipinski definition) is 2. The number of benzene rings is 1. The van der Waals surface area contributed by atoms with Gasteiger partial charge in [0.05, 0.1) is 5.02 Å². The Labute approximate surface area is 90.3 Å². The van der Waals surface area contributed by atoms with E-state index >= 15 is 0 Å². The van der Waals surface area contributed by atoms with E-state index in [1.165, 1.54) is 0 Å². The van der Waals surface area contributed by atoms with Gasteiger partial charge in [-0.15, -0.1) is 0 Å². The molecule has 0 spiro atoms. The van der Waals surface area contributed by atoms with Gasteiger partial charge < -0.3 is 4.74 Å². The summed E-state index contributed by atoms with van der Waals surface area (Å²) in [6.07, 6.45) is 0. The van der Waals surface area contributed by atoms with Gasteiger partial charge in [0, 0.05) is 5.56 Å². The zero-order chi connectivity index (χ0) is 9.84. The fourth-order valence-electron chi connectivity index (χ4n) is 0.884. The highest BCUT2D eigenvalue weighted by molar-refractivity contribution is 6.45. The number of ether oxygens (including phenoxy) is 1. The Balaban J connectivity index is 3.17. The molecule has 0 radical (unpaired) electrons. The number of carbonyl (C=O) groups is 1. The van der Waals surface area contributed by atoms with Crippen LogP contribution in [0.15, 0.2) is 18.2 Å². The van der Waals surface area contributed by atoms with Crippen LogP contribution >= 0.6 is 34.8 Å². The number of carbonyl (C=O) groups excluding carboxylic acids is 1. The Kier molecular flexibility index (Phi) is 3.85. The second-order valence-electron chi connectivity index (χ2n) is 2.17. The third-order valence-electron chi connectivity index (χ3n) is 1.41. The fourth-order valence-corrected chi connectivity index (χ4v) is 1.72. The predicted molar refractivity (Wildman–Crippen MR) is 52.6 cm³/mol. The van der Waals surface area contributed by atoms with Crippen LogP contribution in [-0.4, -0.2) is 6.47 Å². The molecule has 0 aliphatic heterocycles. The smallest absolute Gasteiger partial charge is 0.298 e. The van der Waals surface area contributed by atoms with E-state index in [0.29, 0.717) is 17.1 Å². The SMILES string of the molecule is O=COc1cccc(Cl)c1C(Cl)Cl. The molecule has 5 heteroatoms. The molecule has 13 heavy (non-hydrogen) atoms. The summed E-state index contributed by atoms with van der Waals surface area (Å²) in [7, 11) is 0. The van der Waals surface area contributed by atoms with Crippen molar-refractivity contribution in [2.45, 2.75) is 4.84 Å². The zero-order valence-corrected chi connectivity index (χ0v) is 8.60. The van der Waals surface area contributed by atoms with E-state index in [1.807, 2.05) is 0 Å². The van der Waals surface area contributed by atoms with Crippen molar-refractivity contribution in [2.24, 2.45) is 0 Å². The van der Waals surface area contributed by atoms with Crippen LogP contribution in [0.3, 0.4) is 0 Å². The molecule has 0 amide bonds. The summed E-state index contributed by atoms with van der Waals surface area (Å²) in [6, 6.07) is 4.82. The molecule has 0 saturated carbocycles. The standard InChI is InChI=1S/C8H5Cl3O2/c9-5-2-1-3-6(13-4-12)7(5)8(10)11/h1-4,8H. The molecular weight excluding hydrogens is 234 g/mol. The first-order valence-electron chi connectivity index (χ1n) is 3.33. The highest BCUT2D eigenvalue weighted by Crippen LogP contribution is 2.37. The maximum absolute atomic E-state index is 10.1. The van der Waals surface area contributed by atoms with Crippen LogP contribution in [0.2, 0.25) is 5.02 Å². The normalized spacial score (nSPS) is 10.2. The van der Waals surface area contributed by atoms with E-state index in [2.05, 4.69) is 4.74 Å². The van der Waals surface area contributed by atoms with Crippen molar-refractivity contribution in [3.05, 3.63) is 28.8 Å². The molecule has 0 aromatic heterocycles. The monoisotopic (exact) mass is 238 g/mol. The van der Waals surface area contributed by atoms with Crippen molar-refractivity contribution < 1.29 is 9.53 Å². The van der Waals surface area contributed by atoms with Gasteiger partial charge in [-0.1, -0.05) is 40.9 Å². The molecule has 0 bridgehead atoms. The minimum Gasteiger partial charge on any atom is -0.428 e. The molecule has 1 aromatic carbocycles. The van der Waals surface area contributed by atoms with Gasteiger partial charge in [0.1, 0.15) is 10.6 Å². The average Bonchev–Trinajstić information content (AvgIpc) is 2.04. The Morgan fingerprint density at radius 3 is 2.62 bits per heavy atom. The van der Waals surface area contributed by atoms with Crippen molar-refractivity contribution in [3.8, 4) is 5.75 Å². The van der Waals surface area contributed by atoms with Gasteiger partial charge in [-0.2, -0.15) is 0 Å². The van der Waals surface area contributed by atoms with E-state index < -0.39 is 4.84 Å². The molecule has 0 aliphatic carbocycles. The molecule has 0 aliphatic rings. The average molecular weight is 239 g/mol. The third-order valence-corrected chi connectivity index (χ3v) is 2.17. The lowest BCUT2D eigenvalue weighted by Gasteiger charge is -2.08. The molecule has 0 atom stereocenters. The second-order valence-corrected chi connectivity index (χ2v) is 3.67. The minimum absolute atomic E-state index is 0.275. The summed E-state index contributed by atoms with van der Waals surface area (Å²) >= 11 is 17.1. The molecule has 1 aromatic rings. The van der Waals surface area contributed by atoms with Crippen molar-refractivity contribution >= 4 is 41.3 Å². The third kappa shape index (κ3) is 2.50. The number of alkyl halides is 2. The molecular formula is C8H5Cl3O2. The van der Waals surface area contributed by atoms with E-state index in [9.17, 15) is 4.79 Å². The van der Waals surface area contributed by atoms with Gasteiger partial charge in [0.15, 0.2) is 0 Å². The molecule has 0 fully saturated rings. The first-order valence-corrected chi connectivity index (χ1v) is 4.58. The van der Waals surface area contributed by atoms with E-state index in [4.69, 9.17) is 34.8 Å². The van der Waals surface area contributed by atoms with Gasteiger partial charge >= 0.3 is 0 Å². The summed E-state index contributed by atoms with van der Waals surface area (Å²) < 4.78 is 4.65. The Morgan fingerprint density at radius 1 is 1.38 bits per heavy atom. The lowest BCUT2D eigenvalue weighted by atomic mass is 10.2. The van der Waals surface area contributed by atoms with Crippen LogP contribution in [0.25, 0.3) is 0 Å². The van der Waals surface area contributed by atoms with E-state index in [-0.39, 0.29) is 5.75 Å². The van der Waals surface area contributed by atoms with Crippen LogP contribution in [0.4, 0.5) is 0 Å². The van der Waals surface area contributed by atoms with Gasteiger partial charge in [-0.25, -0.2) is 0 Å². The van der Waals surface area contributed by atoms with Crippen LogP contribution in [0.1, 0.15) is 10.4 Å². The first kappa shape index (κ1) is 10.6. The fraction of sp³-hybridized carbons (Fsp3) is 0.125. The summed E-state index contributed by atoms with van der Waals surface area (Å²) in [6.45, 7) is 0.297. The maximum atomic E-state index is 10.1. The minimum atomic E-state index is -0.816. The Hall–Kier alpha value is -0.440. The maximum Gasteiger partial charge on any atom is 0.298 e. The van der Waals surface area contributed by atoms with Crippen molar-refractivity contribution in [1.29, 1.82) is 0 Å². The Morgan fingerprint density at radius 2 is 2.08 bits per heavy atom. The highest BCUT2D eigenvalue weighted by Gasteiger charge is 2.14. The Bertz CT molecular complexity index is 312. The number of rotatable bonds is 3. The molecule has 2 nitrogen and oxygen atoms in total. The summed E-state index contributed by atoms with van der Waals surface area (Å²) in [5.74, 6) is 0.275. The molecule has 1 rings (SSSR count). The predicted octanol–water partition coefficient (Wildman–Crippen LogP) is 3.35. The molecule has 0 heterocycles. The van der Waals surface area contributed by atoms with Crippen molar-refractivity contribution in [3.63, 3.8) is 0 Å². The topological polar surface area (TPSA) is 26.3 Å². The van der Waals surface area contributed by atoms with Gasteiger partial charge in [0.2, 0.25) is 0 Å². The molecule has 70 valence electrons. The van der Waals surface area contributed by atoms with E-state index in [0.717, 1.165) is 0 Å². The highest BCUT2D eigenvalue weighted by atomic mass is 35.5. The molecule has 0 saturated heterocycles. The number of hydrogen-bond donors (Lipinski definition) is 0. The van der Waals surface area contributed by atoms with E-state index in [1.54, 1.807) is 18.2 Å². The van der Waals surface area contributed by atoms with Crippen LogP contribution in [0.5, 0.6) is 5.75 Å². The summed E-state index contributed by atoms with van der Waals surface area (Å²) in [5, 5.41) is 0.370. The van der Waals surface area contributed by atoms with Crippen LogP contribution < -0.4 is 4.74 Å². The lowest BCUT2D eigenvalue weighted by Crippen LogP contribution is -1.94. The molecule has 0 unspecified atom stereocenters. The van der Waals surface area contributed by atoms with Crippen LogP contribution in [-0.2, 0) is 4.79 Å². The summed E-state index contributed by atoms with van der Waals surface area (Å²) in [5.41, 5.74) is 0.402. The second kappa shape index (κ2) is 4.70. The molecule has 0 N–H and O–H groups in total. The lowest BCUT2D eigenvalue weighted by molar-refractivity contribution is -0.120. The van der Waals surface area contributed by atoms with Crippen LogP contribution in [0, 0.1) is 0 Å². The quantitative estimate of drug-likeness (QED) is 0.597. The van der Waals surface area contributed by atoms with Gasteiger partial charge in [-0.05, 0) is 12.1 Å². The largest absolute Gasteiger partial charge is 0.428 e. The van der Waals surface area contributed by atoms with Crippen molar-refractivity contribution in [1.82, 2.24) is 0 Å². The summed E-state index contributed by atoms with van der Waals surface area (Å²) in [4.78, 5) is 9.29. The number of halogens is 3. The van der Waals surface area contributed by atoms with Gasteiger partial charge in [-0.3, -0.25) is 4.79 Å². The zero-order valence-electron chi connectivity index (χ0n) is 6.34.